The summed E-state index contributed by atoms with van der Waals surface area (Å²) < 4.78 is 0. The Morgan fingerprint density at radius 2 is 1.91 bits per heavy atom. The topological polar surface area (TPSA) is 203 Å². The van der Waals surface area contributed by atoms with E-state index in [1.807, 2.05) is 24.4 Å². The number of guanidine groups is 1. The van der Waals surface area contributed by atoms with Crippen molar-refractivity contribution < 1.29 is 4.79 Å². The molecule has 1 unspecified atom stereocenters. The highest BCUT2D eigenvalue weighted by molar-refractivity contribution is 6.04. The fourth-order valence-corrected chi connectivity index (χ4v) is 3.33. The first-order valence-corrected chi connectivity index (χ1v) is 11.3. The molecule has 2 heterocycles. The first kappa shape index (κ1) is 29.0. The van der Waals surface area contributed by atoms with E-state index < -0.39 is 6.17 Å². The van der Waals surface area contributed by atoms with Gasteiger partial charge in [0.2, 0.25) is 6.41 Å². The van der Waals surface area contributed by atoms with Crippen molar-refractivity contribution in [2.24, 2.45) is 49.6 Å². The highest BCUT2D eigenvalue weighted by atomic mass is 16.1. The maximum absolute atomic E-state index is 9.66. The van der Waals surface area contributed by atoms with E-state index in [2.05, 4.69) is 44.6 Å². The monoisotopic (exact) mass is 482 g/mol. The van der Waals surface area contributed by atoms with Crippen molar-refractivity contribution in [2.75, 3.05) is 6.54 Å². The Bertz CT molecular complexity index is 964. The summed E-state index contributed by atoms with van der Waals surface area (Å²) in [4.78, 5) is 27.2. The zero-order valence-electron chi connectivity index (χ0n) is 20.5. The highest BCUT2D eigenvalue weighted by Gasteiger charge is 2.25. The fourth-order valence-electron chi connectivity index (χ4n) is 3.33. The lowest BCUT2D eigenvalue weighted by Gasteiger charge is -2.22. The van der Waals surface area contributed by atoms with Gasteiger partial charge in [-0.2, -0.15) is 9.98 Å². The third-order valence-electron chi connectivity index (χ3n) is 5.17. The number of hydrogen-bond donors (Lipinski definition) is 6. The van der Waals surface area contributed by atoms with E-state index in [1.165, 1.54) is 6.08 Å². The second kappa shape index (κ2) is 15.0. The van der Waals surface area contributed by atoms with Crippen molar-refractivity contribution in [3.63, 3.8) is 0 Å². The minimum absolute atomic E-state index is 0.130. The average Bonchev–Trinajstić information content (AvgIpc) is 3.33. The number of amidine groups is 2. The van der Waals surface area contributed by atoms with E-state index in [9.17, 15) is 4.79 Å². The quantitative estimate of drug-likeness (QED) is 0.148. The van der Waals surface area contributed by atoms with Crippen molar-refractivity contribution >= 4 is 24.0 Å². The van der Waals surface area contributed by atoms with Crippen LogP contribution in [0, 0.1) is 18.8 Å². The van der Waals surface area contributed by atoms with Gasteiger partial charge < -0.3 is 38.6 Å². The molecule has 3 rings (SSSR count). The summed E-state index contributed by atoms with van der Waals surface area (Å²) >= 11 is 0. The van der Waals surface area contributed by atoms with Crippen molar-refractivity contribution in [2.45, 2.75) is 51.7 Å². The fraction of sp³-hybridized carbons (Fsp3) is 0.417. The van der Waals surface area contributed by atoms with Crippen LogP contribution in [-0.4, -0.2) is 52.7 Å². The van der Waals surface area contributed by atoms with Crippen LogP contribution in [0.5, 0.6) is 0 Å². The Hall–Kier alpha value is -4.04. The average molecular weight is 483 g/mol. The van der Waals surface area contributed by atoms with Gasteiger partial charge in [-0.05, 0) is 69.7 Å². The molecule has 0 radical (unpaired) electrons. The number of carbonyl (C=O) groups excluding carboxylic acids is 1. The molecule has 1 aliphatic carbocycles. The van der Waals surface area contributed by atoms with E-state index in [0.717, 1.165) is 43.6 Å². The molecule has 1 amide bonds. The summed E-state index contributed by atoms with van der Waals surface area (Å²) in [6, 6.07) is 4.20. The molecule has 11 N–H and O–H groups in total. The number of nitrogens with two attached hydrogens (primary N) is 5. The van der Waals surface area contributed by atoms with E-state index in [4.69, 9.17) is 28.7 Å². The molecular weight excluding hydrogens is 444 g/mol. The molecule has 190 valence electrons. The standard InChI is InChI=1S/C17H27N7.C5H9N3O.C2H2/c1-11-4-3-9-24(11)17(20)23-16(14-5-2-8-21-14)22-15(19)10-13(18)12-6-7-12;1-4(6)2-5(7)8-3-9;1-2/h2,5,8,10-12,15,21H,3-4,6-7,9,18-19H2,1H3,(H2,20,22,23);2-3H,6H2,1H3,(H2,7,8,9);1-2H/b13-10-;4-2-;/t11-,15?;;/m0../s1. The van der Waals surface area contributed by atoms with Gasteiger partial charge in [0.25, 0.3) is 0 Å². The molecule has 1 saturated heterocycles. The third-order valence-corrected chi connectivity index (χ3v) is 5.17. The Morgan fingerprint density at radius 1 is 1.23 bits per heavy atom. The number of H-pyrrole nitrogens is 1. The second-order valence-corrected chi connectivity index (χ2v) is 8.17. The number of hydrogen-bond acceptors (Lipinski definition) is 5. The van der Waals surface area contributed by atoms with Gasteiger partial charge in [0.15, 0.2) is 11.8 Å². The molecule has 2 aliphatic rings. The van der Waals surface area contributed by atoms with Crippen LogP contribution in [-0.2, 0) is 4.79 Å². The molecule has 11 heteroatoms. The Labute approximate surface area is 207 Å². The Morgan fingerprint density at radius 3 is 2.40 bits per heavy atom. The summed E-state index contributed by atoms with van der Waals surface area (Å²) in [5, 5.41) is 0. The van der Waals surface area contributed by atoms with Crippen LogP contribution < -0.4 is 28.7 Å². The number of rotatable bonds is 6. The lowest BCUT2D eigenvalue weighted by molar-refractivity contribution is -0.106. The zero-order valence-corrected chi connectivity index (χ0v) is 20.5. The molecule has 1 aromatic rings. The first-order chi connectivity index (χ1) is 16.7. The number of aromatic nitrogens is 1. The molecule has 35 heavy (non-hydrogen) atoms. The van der Waals surface area contributed by atoms with E-state index in [1.54, 1.807) is 6.92 Å². The van der Waals surface area contributed by atoms with E-state index >= 15 is 0 Å². The summed E-state index contributed by atoms with van der Waals surface area (Å²) in [7, 11) is 0. The number of aromatic amines is 1. The molecule has 1 saturated carbocycles. The normalized spacial score (nSPS) is 20.3. The number of amides is 1. The molecule has 2 atom stereocenters. The summed E-state index contributed by atoms with van der Waals surface area (Å²) in [6.07, 6.45) is 17.4. The van der Waals surface area contributed by atoms with Gasteiger partial charge in [-0.25, -0.2) is 4.99 Å². The molecule has 0 bridgehead atoms. The van der Waals surface area contributed by atoms with Gasteiger partial charge in [-0.3, -0.25) is 4.79 Å². The predicted octanol–water partition coefficient (Wildman–Crippen LogP) is 0.710. The molecule has 1 aromatic heterocycles. The van der Waals surface area contributed by atoms with Gasteiger partial charge in [0.05, 0.1) is 5.69 Å². The Kier molecular flexibility index (Phi) is 12.4. The molecule has 2 fully saturated rings. The maximum Gasteiger partial charge on any atom is 0.234 e. The number of nitrogens with zero attached hydrogens (tertiary/aromatic N) is 4. The smallest absolute Gasteiger partial charge is 0.234 e. The lowest BCUT2D eigenvalue weighted by atomic mass is 10.2. The van der Waals surface area contributed by atoms with Crippen molar-refractivity contribution in [3.05, 3.63) is 47.6 Å². The van der Waals surface area contributed by atoms with Gasteiger partial charge >= 0.3 is 0 Å². The predicted molar refractivity (Wildman–Crippen MR) is 143 cm³/mol. The van der Waals surface area contributed by atoms with Crippen LogP contribution in [0.25, 0.3) is 0 Å². The third kappa shape index (κ3) is 10.6. The largest absolute Gasteiger partial charge is 0.402 e. The minimum atomic E-state index is -0.531. The van der Waals surface area contributed by atoms with Crippen molar-refractivity contribution in [3.8, 4) is 12.8 Å². The van der Waals surface area contributed by atoms with E-state index in [-0.39, 0.29) is 5.84 Å². The van der Waals surface area contributed by atoms with Crippen LogP contribution in [0.4, 0.5) is 0 Å². The van der Waals surface area contributed by atoms with Crippen LogP contribution in [0.3, 0.4) is 0 Å². The molecular formula is C24H38N10O. The zero-order chi connectivity index (χ0) is 26.4. The first-order valence-electron chi connectivity index (χ1n) is 11.3. The number of likely N-dealkylation sites (tertiary alicyclic amines) is 1. The summed E-state index contributed by atoms with van der Waals surface area (Å²) in [5.74, 6) is 1.59. The van der Waals surface area contributed by atoms with E-state index in [0.29, 0.717) is 35.9 Å². The minimum Gasteiger partial charge on any atom is -0.402 e. The Balaban J connectivity index is 0.000000473. The SMILES string of the molecule is C#C.C/C(N)=C/C(N)=NC=O.C[C@H]1CCCN1C(N)=N/C(=N\C(N)/C=C(\N)C1CC1)c1ccc[nH]1. The lowest BCUT2D eigenvalue weighted by Crippen LogP contribution is -2.40. The van der Waals surface area contributed by atoms with Crippen LogP contribution >= 0.6 is 0 Å². The number of terminal acetylenes is 1. The molecule has 0 aromatic carbocycles. The summed E-state index contributed by atoms with van der Waals surface area (Å²) in [6.45, 7) is 4.74. The molecule has 1 aliphatic heterocycles. The number of allylic oxidation sites excluding steroid dienone is 2. The maximum atomic E-state index is 9.66. The summed E-state index contributed by atoms with van der Waals surface area (Å²) in [5.41, 5.74) is 30.9. The van der Waals surface area contributed by atoms with Crippen LogP contribution in [0.15, 0.2) is 56.9 Å². The molecule has 11 nitrogen and oxygen atoms in total. The number of carbonyl (C=O) groups is 1. The van der Waals surface area contributed by atoms with Crippen molar-refractivity contribution in [1.29, 1.82) is 0 Å². The number of nitrogens with one attached hydrogen (secondary N) is 1. The van der Waals surface area contributed by atoms with Gasteiger partial charge in [0.1, 0.15) is 12.0 Å². The van der Waals surface area contributed by atoms with Crippen LogP contribution in [0.2, 0.25) is 0 Å². The molecule has 0 spiro atoms. The van der Waals surface area contributed by atoms with Gasteiger partial charge in [0, 0.05) is 30.2 Å². The van der Waals surface area contributed by atoms with Crippen LogP contribution in [0.1, 0.15) is 45.2 Å². The highest BCUT2D eigenvalue weighted by Crippen LogP contribution is 2.33. The second-order valence-electron chi connectivity index (χ2n) is 8.17. The van der Waals surface area contributed by atoms with Gasteiger partial charge in [-0.15, -0.1) is 12.8 Å². The van der Waals surface area contributed by atoms with Gasteiger partial charge in [-0.1, -0.05) is 0 Å². The number of aliphatic imine (C=N–C) groups is 3. The van der Waals surface area contributed by atoms with Crippen molar-refractivity contribution in [1.82, 2.24) is 9.88 Å².